The minimum atomic E-state index is 0.252. The molecule has 1 saturated heterocycles. The number of rotatable bonds is 1. The lowest BCUT2D eigenvalue weighted by molar-refractivity contribution is -0.137. The van der Waals surface area contributed by atoms with Crippen molar-refractivity contribution in [3.63, 3.8) is 0 Å². The minimum Gasteiger partial charge on any atom is -0.306 e. The lowest BCUT2D eigenvalue weighted by atomic mass is 10.2. The molecule has 0 aromatic heterocycles. The van der Waals surface area contributed by atoms with E-state index in [4.69, 9.17) is 0 Å². The molecule has 3 heteroatoms. The van der Waals surface area contributed by atoms with E-state index in [-0.39, 0.29) is 5.91 Å². The number of carbonyl (C=O) groups is 1. The molecule has 2 heterocycles. The van der Waals surface area contributed by atoms with Gasteiger partial charge in [0.05, 0.1) is 11.8 Å². The van der Waals surface area contributed by atoms with Gasteiger partial charge in [-0.2, -0.15) is 0 Å². The van der Waals surface area contributed by atoms with Crippen LogP contribution in [0.3, 0.4) is 0 Å². The van der Waals surface area contributed by atoms with Gasteiger partial charge in [0.2, 0.25) is 5.91 Å². The van der Waals surface area contributed by atoms with Gasteiger partial charge >= 0.3 is 0 Å². The SMILES string of the molecule is CC=CC1C=CN2C(=O)C[C@H]2S1. The van der Waals surface area contributed by atoms with Crippen LogP contribution in [-0.2, 0) is 4.79 Å². The van der Waals surface area contributed by atoms with Gasteiger partial charge in [0, 0.05) is 11.4 Å². The van der Waals surface area contributed by atoms with Crippen LogP contribution in [-0.4, -0.2) is 21.4 Å². The predicted octanol–water partition coefficient (Wildman–Crippen LogP) is 1.75. The van der Waals surface area contributed by atoms with Crippen molar-refractivity contribution in [3.05, 3.63) is 24.4 Å². The van der Waals surface area contributed by atoms with Gasteiger partial charge in [0.15, 0.2) is 0 Å². The second-order valence-electron chi connectivity index (χ2n) is 2.93. The molecule has 1 fully saturated rings. The molecular weight excluding hydrogens is 170 g/mol. The van der Waals surface area contributed by atoms with Gasteiger partial charge in [0.25, 0.3) is 0 Å². The highest BCUT2D eigenvalue weighted by molar-refractivity contribution is 8.00. The summed E-state index contributed by atoms with van der Waals surface area (Å²) in [7, 11) is 0. The van der Waals surface area contributed by atoms with Crippen LogP contribution in [0.25, 0.3) is 0 Å². The van der Waals surface area contributed by atoms with Crippen LogP contribution in [0, 0.1) is 0 Å². The van der Waals surface area contributed by atoms with Crippen molar-refractivity contribution >= 4 is 17.7 Å². The molecule has 2 aliphatic heterocycles. The monoisotopic (exact) mass is 181 g/mol. The first-order valence-corrected chi connectivity index (χ1v) is 5.03. The number of allylic oxidation sites excluding steroid dienone is 1. The average Bonchev–Trinajstić information content (AvgIpc) is 2.03. The summed E-state index contributed by atoms with van der Waals surface area (Å²) < 4.78 is 0. The molecule has 12 heavy (non-hydrogen) atoms. The largest absolute Gasteiger partial charge is 0.306 e. The third-order valence-corrected chi connectivity index (χ3v) is 3.42. The molecule has 2 aliphatic rings. The zero-order valence-corrected chi connectivity index (χ0v) is 7.75. The van der Waals surface area contributed by atoms with Gasteiger partial charge in [0.1, 0.15) is 0 Å². The molecule has 0 aliphatic carbocycles. The van der Waals surface area contributed by atoms with E-state index in [1.165, 1.54) is 0 Å². The highest BCUT2D eigenvalue weighted by Gasteiger charge is 2.38. The first-order chi connectivity index (χ1) is 5.81. The second kappa shape index (κ2) is 2.98. The summed E-state index contributed by atoms with van der Waals surface area (Å²) in [4.78, 5) is 12.8. The molecule has 0 aromatic rings. The summed E-state index contributed by atoms with van der Waals surface area (Å²) in [5.74, 6) is 0.252. The Bertz CT molecular complexity index is 259. The van der Waals surface area contributed by atoms with Crippen molar-refractivity contribution in [1.82, 2.24) is 4.90 Å². The summed E-state index contributed by atoms with van der Waals surface area (Å²) >= 11 is 1.84. The molecule has 1 unspecified atom stereocenters. The van der Waals surface area contributed by atoms with E-state index in [1.807, 2.05) is 29.8 Å². The Kier molecular flexibility index (Phi) is 1.97. The molecule has 64 valence electrons. The number of hydrogen-bond donors (Lipinski definition) is 0. The van der Waals surface area contributed by atoms with Crippen LogP contribution < -0.4 is 0 Å². The van der Waals surface area contributed by atoms with Crippen LogP contribution in [0.4, 0.5) is 0 Å². The fourth-order valence-electron chi connectivity index (χ4n) is 1.40. The molecule has 0 saturated carbocycles. The van der Waals surface area contributed by atoms with E-state index in [1.54, 1.807) is 0 Å². The molecule has 2 nitrogen and oxygen atoms in total. The molecular formula is C9H11NOS. The lowest BCUT2D eigenvalue weighted by Gasteiger charge is -2.41. The number of amides is 1. The molecule has 0 spiro atoms. The van der Waals surface area contributed by atoms with Gasteiger partial charge in [-0.3, -0.25) is 4.79 Å². The number of carbonyl (C=O) groups excluding carboxylic acids is 1. The van der Waals surface area contributed by atoms with Gasteiger partial charge in [-0.25, -0.2) is 0 Å². The van der Waals surface area contributed by atoms with Gasteiger partial charge < -0.3 is 4.90 Å². The molecule has 0 radical (unpaired) electrons. The van der Waals surface area contributed by atoms with Gasteiger partial charge in [-0.15, -0.1) is 11.8 Å². The predicted molar refractivity (Wildman–Crippen MR) is 50.6 cm³/mol. The molecule has 0 bridgehead atoms. The Hall–Kier alpha value is -0.700. The van der Waals surface area contributed by atoms with Crippen molar-refractivity contribution in [2.45, 2.75) is 24.0 Å². The van der Waals surface area contributed by atoms with Crippen LogP contribution in [0.15, 0.2) is 24.4 Å². The summed E-state index contributed by atoms with van der Waals surface area (Å²) in [5, 5.41) is 0.869. The van der Waals surface area contributed by atoms with E-state index in [9.17, 15) is 4.79 Å². The summed E-state index contributed by atoms with van der Waals surface area (Å²) in [6, 6.07) is 0. The number of fused-ring (bicyclic) bond motifs is 1. The van der Waals surface area contributed by atoms with E-state index in [0.717, 1.165) is 0 Å². The number of β-lactam (4-membered cyclic amide) rings is 1. The number of thioether (sulfide) groups is 1. The number of hydrogen-bond acceptors (Lipinski definition) is 2. The van der Waals surface area contributed by atoms with Crippen molar-refractivity contribution in [1.29, 1.82) is 0 Å². The summed E-state index contributed by atoms with van der Waals surface area (Å²) in [6.07, 6.45) is 8.90. The zero-order chi connectivity index (χ0) is 8.55. The molecule has 2 rings (SSSR count). The maximum atomic E-state index is 11.0. The zero-order valence-electron chi connectivity index (χ0n) is 6.93. The van der Waals surface area contributed by atoms with E-state index >= 15 is 0 Å². The first kappa shape index (κ1) is 7.92. The maximum Gasteiger partial charge on any atom is 0.230 e. The third-order valence-electron chi connectivity index (χ3n) is 2.08. The normalized spacial score (nSPS) is 33.8. The Morgan fingerprint density at radius 2 is 2.58 bits per heavy atom. The molecule has 0 N–H and O–H groups in total. The minimum absolute atomic E-state index is 0.252. The fourth-order valence-corrected chi connectivity index (χ4v) is 2.73. The smallest absolute Gasteiger partial charge is 0.230 e. The van der Waals surface area contributed by atoms with Gasteiger partial charge in [-0.1, -0.05) is 18.2 Å². The topological polar surface area (TPSA) is 20.3 Å². The maximum absolute atomic E-state index is 11.0. The molecule has 0 aromatic carbocycles. The Morgan fingerprint density at radius 3 is 3.17 bits per heavy atom. The van der Waals surface area contributed by atoms with Crippen LogP contribution in [0.5, 0.6) is 0 Å². The van der Waals surface area contributed by atoms with E-state index in [2.05, 4.69) is 18.2 Å². The Morgan fingerprint density at radius 1 is 1.75 bits per heavy atom. The van der Waals surface area contributed by atoms with Crippen molar-refractivity contribution < 1.29 is 4.79 Å². The van der Waals surface area contributed by atoms with Crippen molar-refractivity contribution in [2.24, 2.45) is 0 Å². The first-order valence-electron chi connectivity index (χ1n) is 4.09. The number of nitrogens with zero attached hydrogens (tertiary/aromatic N) is 1. The average molecular weight is 181 g/mol. The van der Waals surface area contributed by atoms with Crippen molar-refractivity contribution in [3.8, 4) is 0 Å². The van der Waals surface area contributed by atoms with Crippen LogP contribution >= 0.6 is 11.8 Å². The summed E-state index contributed by atoms with van der Waals surface area (Å²) in [5.41, 5.74) is 0. The van der Waals surface area contributed by atoms with E-state index in [0.29, 0.717) is 17.0 Å². The Balaban J connectivity index is 2.05. The highest BCUT2D eigenvalue weighted by atomic mass is 32.2. The van der Waals surface area contributed by atoms with Gasteiger partial charge in [-0.05, 0) is 6.92 Å². The quantitative estimate of drug-likeness (QED) is 0.454. The van der Waals surface area contributed by atoms with Crippen LogP contribution in [0.1, 0.15) is 13.3 Å². The standard InChI is InChI=1S/C9H11NOS/c1-2-3-7-4-5-10-8(11)6-9(10)12-7/h2-5,7,9H,6H2,1H3/t7?,9-/m1/s1. The van der Waals surface area contributed by atoms with Crippen molar-refractivity contribution in [2.75, 3.05) is 0 Å². The lowest BCUT2D eigenvalue weighted by Crippen LogP contribution is -2.49. The Labute approximate surface area is 76.3 Å². The third kappa shape index (κ3) is 1.18. The van der Waals surface area contributed by atoms with E-state index < -0.39 is 0 Å². The summed E-state index contributed by atoms with van der Waals surface area (Å²) in [6.45, 7) is 2.02. The second-order valence-corrected chi connectivity index (χ2v) is 4.29. The molecule has 2 atom stereocenters. The molecule has 1 amide bonds. The highest BCUT2D eigenvalue weighted by Crippen LogP contribution is 2.37. The van der Waals surface area contributed by atoms with Crippen LogP contribution in [0.2, 0.25) is 0 Å². The fraction of sp³-hybridized carbons (Fsp3) is 0.444.